The van der Waals surface area contributed by atoms with E-state index in [2.05, 4.69) is 20.9 Å². The molecule has 2 aromatic heterocycles. The lowest BCUT2D eigenvalue weighted by Crippen LogP contribution is -2.47. The van der Waals surface area contributed by atoms with Gasteiger partial charge in [-0.3, -0.25) is 18.9 Å². The van der Waals surface area contributed by atoms with Crippen LogP contribution >= 0.6 is 27.7 Å². The first-order valence-corrected chi connectivity index (χ1v) is 10.6. The lowest BCUT2D eigenvalue weighted by molar-refractivity contribution is -0.148. The van der Waals surface area contributed by atoms with E-state index in [4.69, 9.17) is 4.74 Å². The van der Waals surface area contributed by atoms with Gasteiger partial charge >= 0.3 is 5.97 Å². The minimum atomic E-state index is -1.09. The van der Waals surface area contributed by atoms with Crippen molar-refractivity contribution in [3.63, 3.8) is 0 Å². The number of amides is 1. The Balaban J connectivity index is 1.41. The highest BCUT2D eigenvalue weighted by molar-refractivity contribution is 9.10. The van der Waals surface area contributed by atoms with Crippen molar-refractivity contribution in [2.75, 3.05) is 4.90 Å². The van der Waals surface area contributed by atoms with Gasteiger partial charge in [-0.15, -0.1) is 0 Å². The summed E-state index contributed by atoms with van der Waals surface area (Å²) >= 11 is 4.67. The van der Waals surface area contributed by atoms with E-state index in [-0.39, 0.29) is 18.1 Å². The van der Waals surface area contributed by atoms with E-state index in [1.807, 2.05) is 24.3 Å². The number of halogens is 1. The average molecular weight is 472 g/mol. The summed E-state index contributed by atoms with van der Waals surface area (Å²) in [6.07, 6.45) is 2.31. The summed E-state index contributed by atoms with van der Waals surface area (Å²) in [5.41, 5.74) is 1.30. The van der Waals surface area contributed by atoms with Gasteiger partial charge in [0.15, 0.2) is 4.87 Å². The molecule has 1 atom stereocenters. The Hall–Kier alpha value is -2.65. The van der Waals surface area contributed by atoms with Crippen LogP contribution in [0.3, 0.4) is 0 Å². The predicted molar refractivity (Wildman–Crippen MR) is 111 cm³/mol. The third kappa shape index (κ3) is 2.87. The van der Waals surface area contributed by atoms with Crippen LogP contribution in [0.25, 0.3) is 5.65 Å². The van der Waals surface area contributed by atoms with Crippen LogP contribution in [0.1, 0.15) is 18.5 Å². The Morgan fingerprint density at radius 1 is 1.24 bits per heavy atom. The molecule has 0 spiro atoms. The summed E-state index contributed by atoms with van der Waals surface area (Å²) in [5, 5.41) is 0. The van der Waals surface area contributed by atoms with Gasteiger partial charge < -0.3 is 4.74 Å². The van der Waals surface area contributed by atoms with Crippen LogP contribution in [0.4, 0.5) is 5.69 Å². The smallest absolute Gasteiger partial charge is 0.343 e. The summed E-state index contributed by atoms with van der Waals surface area (Å²) < 4.78 is 7.72. The second-order valence-corrected chi connectivity index (χ2v) is 9.06. The van der Waals surface area contributed by atoms with Gasteiger partial charge in [-0.1, -0.05) is 23.9 Å². The van der Waals surface area contributed by atoms with Gasteiger partial charge in [-0.05, 0) is 40.2 Å². The van der Waals surface area contributed by atoms with Crippen molar-refractivity contribution in [2.45, 2.75) is 29.2 Å². The fourth-order valence-electron chi connectivity index (χ4n) is 3.72. The van der Waals surface area contributed by atoms with Gasteiger partial charge in [0, 0.05) is 34.5 Å². The van der Waals surface area contributed by atoms with Gasteiger partial charge in [-0.2, -0.15) is 0 Å². The summed E-state index contributed by atoms with van der Waals surface area (Å²) in [5.74, 6) is -0.589. The molecule has 1 aromatic carbocycles. The molecule has 7 nitrogen and oxygen atoms in total. The molecule has 1 saturated heterocycles. The second-order valence-electron chi connectivity index (χ2n) is 6.82. The molecule has 0 aliphatic carbocycles. The summed E-state index contributed by atoms with van der Waals surface area (Å²) in [4.78, 5) is 43.6. The third-order valence-corrected chi connectivity index (χ3v) is 6.95. The Morgan fingerprint density at radius 3 is 2.93 bits per heavy atom. The maximum atomic E-state index is 13.1. The van der Waals surface area contributed by atoms with E-state index in [9.17, 15) is 14.4 Å². The van der Waals surface area contributed by atoms with Gasteiger partial charge in [0.25, 0.3) is 5.56 Å². The summed E-state index contributed by atoms with van der Waals surface area (Å²) in [6.45, 7) is -0.138. The van der Waals surface area contributed by atoms with E-state index in [1.54, 1.807) is 23.2 Å². The highest BCUT2D eigenvalue weighted by Crippen LogP contribution is 2.56. The van der Waals surface area contributed by atoms with Gasteiger partial charge in [0.05, 0.1) is 11.4 Å². The summed E-state index contributed by atoms with van der Waals surface area (Å²) in [7, 11) is 0. The molecule has 0 N–H and O–H groups in total. The Bertz CT molecular complexity index is 1240. The number of pyridine rings is 1. The average Bonchev–Trinajstić information content (AvgIpc) is 3.22. The molecule has 0 bridgehead atoms. The number of thioether (sulfide) groups is 1. The van der Waals surface area contributed by atoms with Crippen molar-refractivity contribution in [1.82, 2.24) is 9.38 Å². The van der Waals surface area contributed by atoms with Crippen LogP contribution in [0.5, 0.6) is 0 Å². The standard InChI is InChI=1S/C20H14BrN3O4S/c21-12-5-6-16-22-13(9-18(26)23(16)10-12)11-28-19(27)20-8-7-17(25)24(20)14-3-1-2-4-15(14)29-20/h1-6,9-10H,7-8,11H2/t20-/m1/s1. The highest BCUT2D eigenvalue weighted by Gasteiger charge is 2.58. The second kappa shape index (κ2) is 6.70. The lowest BCUT2D eigenvalue weighted by Gasteiger charge is -2.28. The number of anilines is 1. The normalized spacial score (nSPS) is 20.0. The molecule has 2 aliphatic rings. The zero-order valence-corrected chi connectivity index (χ0v) is 17.4. The molecule has 1 fully saturated rings. The quantitative estimate of drug-likeness (QED) is 0.545. The zero-order valence-electron chi connectivity index (χ0n) is 15.0. The fraction of sp³-hybridized carbons (Fsp3) is 0.200. The zero-order chi connectivity index (χ0) is 20.2. The molecular formula is C20H14BrN3O4S. The number of hydrogen-bond acceptors (Lipinski definition) is 6. The Morgan fingerprint density at radius 2 is 2.07 bits per heavy atom. The van der Waals surface area contributed by atoms with Crippen molar-refractivity contribution in [1.29, 1.82) is 0 Å². The minimum Gasteiger partial charge on any atom is -0.457 e. The first-order valence-electron chi connectivity index (χ1n) is 8.94. The van der Waals surface area contributed by atoms with Crippen LogP contribution in [-0.2, 0) is 20.9 Å². The van der Waals surface area contributed by atoms with E-state index >= 15 is 0 Å². The van der Waals surface area contributed by atoms with Gasteiger partial charge in [0.2, 0.25) is 5.91 Å². The van der Waals surface area contributed by atoms with E-state index in [0.717, 1.165) is 15.1 Å². The SMILES string of the molecule is O=C1CC[C@]2(C(=O)OCc3cc(=O)n4cc(Br)ccc4n3)Sc3ccccc3N12. The van der Waals surface area contributed by atoms with E-state index in [1.165, 1.54) is 22.2 Å². The van der Waals surface area contributed by atoms with Crippen molar-refractivity contribution in [2.24, 2.45) is 0 Å². The third-order valence-electron chi connectivity index (χ3n) is 5.02. The molecule has 146 valence electrons. The van der Waals surface area contributed by atoms with Crippen LogP contribution in [-0.4, -0.2) is 26.1 Å². The maximum absolute atomic E-state index is 13.1. The van der Waals surface area contributed by atoms with Gasteiger partial charge in [0.1, 0.15) is 12.3 Å². The van der Waals surface area contributed by atoms with Gasteiger partial charge in [-0.25, -0.2) is 9.78 Å². The van der Waals surface area contributed by atoms with Crippen molar-refractivity contribution >= 4 is 50.9 Å². The van der Waals surface area contributed by atoms with Crippen molar-refractivity contribution in [3.05, 3.63) is 69.2 Å². The molecule has 2 aliphatic heterocycles. The maximum Gasteiger partial charge on any atom is 0.343 e. The predicted octanol–water partition coefficient (Wildman–Crippen LogP) is 3.13. The first kappa shape index (κ1) is 18.4. The van der Waals surface area contributed by atoms with E-state index < -0.39 is 10.8 Å². The molecule has 3 aromatic rings. The van der Waals surface area contributed by atoms with Crippen LogP contribution < -0.4 is 10.5 Å². The number of rotatable bonds is 3. The molecule has 0 radical (unpaired) electrons. The lowest BCUT2D eigenvalue weighted by atomic mass is 10.2. The molecular weight excluding hydrogens is 458 g/mol. The highest BCUT2D eigenvalue weighted by atomic mass is 79.9. The monoisotopic (exact) mass is 471 g/mol. The molecule has 1 amide bonds. The molecule has 5 rings (SSSR count). The number of aromatic nitrogens is 2. The Labute approximate surface area is 177 Å². The number of benzene rings is 1. The molecule has 4 heterocycles. The molecule has 0 saturated carbocycles. The number of nitrogens with zero attached hydrogens (tertiary/aromatic N) is 3. The van der Waals surface area contributed by atoms with Crippen LogP contribution in [0.15, 0.2) is 62.8 Å². The number of esters is 1. The number of fused-ring (bicyclic) bond motifs is 4. The molecule has 0 unspecified atom stereocenters. The fourth-order valence-corrected chi connectivity index (χ4v) is 5.47. The minimum absolute atomic E-state index is 0.0907. The topological polar surface area (TPSA) is 81.0 Å². The summed E-state index contributed by atoms with van der Waals surface area (Å²) in [6, 6.07) is 12.3. The van der Waals surface area contributed by atoms with Crippen LogP contribution in [0, 0.1) is 0 Å². The van der Waals surface area contributed by atoms with Crippen LogP contribution in [0.2, 0.25) is 0 Å². The van der Waals surface area contributed by atoms with E-state index in [0.29, 0.717) is 24.2 Å². The largest absolute Gasteiger partial charge is 0.457 e. The molecule has 9 heteroatoms. The van der Waals surface area contributed by atoms with Crippen molar-refractivity contribution < 1.29 is 14.3 Å². The number of para-hydroxylation sites is 1. The number of carbonyl (C=O) groups is 2. The Kier molecular flexibility index (Phi) is 4.25. The first-order chi connectivity index (χ1) is 14.0. The number of ether oxygens (including phenoxy) is 1. The number of carbonyl (C=O) groups excluding carboxylic acids is 2. The number of hydrogen-bond donors (Lipinski definition) is 0. The molecule has 29 heavy (non-hydrogen) atoms. The van der Waals surface area contributed by atoms with Crippen molar-refractivity contribution in [3.8, 4) is 0 Å².